The highest BCUT2D eigenvalue weighted by molar-refractivity contribution is 7.98. The van der Waals surface area contributed by atoms with Crippen LogP contribution in [0.3, 0.4) is 0 Å². The van der Waals surface area contributed by atoms with Gasteiger partial charge in [-0.1, -0.05) is 13.0 Å². The second kappa shape index (κ2) is 6.85. The lowest BCUT2D eigenvalue weighted by molar-refractivity contribution is 0.0697. The van der Waals surface area contributed by atoms with Crippen LogP contribution in [0, 0.1) is 0 Å². The van der Waals surface area contributed by atoms with Gasteiger partial charge in [0.25, 0.3) is 0 Å². The standard InChI is InChI=1S/C15H20N2O3S/c1-3-12(9-21-2)16-15(20)17-7-6-10-4-5-11(14(18)19)8-13(10)17/h4-5,8,12H,3,6-7,9H2,1-2H3,(H,16,20)(H,18,19). The highest BCUT2D eigenvalue weighted by Crippen LogP contribution is 2.29. The maximum absolute atomic E-state index is 12.4. The first-order valence-electron chi connectivity index (χ1n) is 7.00. The summed E-state index contributed by atoms with van der Waals surface area (Å²) >= 11 is 1.70. The van der Waals surface area contributed by atoms with Crippen molar-refractivity contribution in [2.75, 3.05) is 23.5 Å². The maximum atomic E-state index is 12.4. The Kier molecular flexibility index (Phi) is 5.12. The zero-order chi connectivity index (χ0) is 15.4. The number of anilines is 1. The second-order valence-electron chi connectivity index (χ2n) is 5.06. The highest BCUT2D eigenvalue weighted by atomic mass is 32.2. The van der Waals surface area contributed by atoms with E-state index in [1.165, 1.54) is 0 Å². The zero-order valence-electron chi connectivity index (χ0n) is 12.3. The number of carbonyl (C=O) groups is 2. The zero-order valence-corrected chi connectivity index (χ0v) is 13.1. The molecule has 0 saturated carbocycles. The van der Waals surface area contributed by atoms with E-state index >= 15 is 0 Å². The normalized spacial score (nSPS) is 14.7. The first kappa shape index (κ1) is 15.7. The Morgan fingerprint density at radius 3 is 2.86 bits per heavy atom. The number of carboxylic acids is 1. The van der Waals surface area contributed by atoms with Crippen molar-refractivity contribution in [3.63, 3.8) is 0 Å². The van der Waals surface area contributed by atoms with Crippen LogP contribution in [0.25, 0.3) is 0 Å². The molecule has 1 aromatic rings. The SMILES string of the molecule is CCC(CSC)NC(=O)N1CCc2ccc(C(=O)O)cc21. The van der Waals surface area contributed by atoms with Crippen LogP contribution in [0.4, 0.5) is 10.5 Å². The third-order valence-corrected chi connectivity index (χ3v) is 4.40. The molecule has 6 heteroatoms. The van der Waals surface area contributed by atoms with Crippen molar-refractivity contribution in [2.45, 2.75) is 25.8 Å². The molecule has 1 aliphatic rings. The van der Waals surface area contributed by atoms with Gasteiger partial charge in [0.2, 0.25) is 0 Å². The summed E-state index contributed by atoms with van der Waals surface area (Å²) in [5, 5.41) is 12.1. The molecular formula is C15H20N2O3S. The molecule has 1 aromatic carbocycles. The molecule has 1 heterocycles. The molecule has 1 atom stereocenters. The lowest BCUT2D eigenvalue weighted by Gasteiger charge is -2.22. The quantitative estimate of drug-likeness (QED) is 0.877. The van der Waals surface area contributed by atoms with Gasteiger partial charge in [-0.05, 0) is 36.8 Å². The fourth-order valence-corrected chi connectivity index (χ4v) is 3.16. The van der Waals surface area contributed by atoms with Crippen LogP contribution in [0.2, 0.25) is 0 Å². The van der Waals surface area contributed by atoms with E-state index in [4.69, 9.17) is 5.11 Å². The molecule has 114 valence electrons. The summed E-state index contributed by atoms with van der Waals surface area (Å²) in [5.41, 5.74) is 1.95. The molecule has 0 spiro atoms. The molecule has 0 aliphatic carbocycles. The molecule has 0 aromatic heterocycles. The third-order valence-electron chi connectivity index (χ3n) is 3.66. The predicted octanol–water partition coefficient (Wildman–Crippen LogP) is 2.60. The van der Waals surface area contributed by atoms with Gasteiger partial charge < -0.3 is 10.4 Å². The molecule has 2 N–H and O–H groups in total. The van der Waals surface area contributed by atoms with Crippen LogP contribution in [-0.2, 0) is 6.42 Å². The number of nitrogens with zero attached hydrogens (tertiary/aromatic N) is 1. The summed E-state index contributed by atoms with van der Waals surface area (Å²) in [6.07, 6.45) is 3.66. The molecule has 0 radical (unpaired) electrons. The number of fused-ring (bicyclic) bond motifs is 1. The summed E-state index contributed by atoms with van der Waals surface area (Å²) in [6, 6.07) is 4.97. The Morgan fingerprint density at radius 1 is 1.48 bits per heavy atom. The van der Waals surface area contributed by atoms with Gasteiger partial charge in [0.05, 0.1) is 5.56 Å². The molecule has 2 amide bonds. The summed E-state index contributed by atoms with van der Waals surface area (Å²) in [7, 11) is 0. The Hall–Kier alpha value is -1.69. The average molecular weight is 308 g/mol. The van der Waals surface area contributed by atoms with E-state index in [1.807, 2.05) is 13.2 Å². The Balaban J connectivity index is 2.15. The van der Waals surface area contributed by atoms with Crippen LogP contribution in [0.15, 0.2) is 18.2 Å². The van der Waals surface area contributed by atoms with Gasteiger partial charge in [-0.25, -0.2) is 9.59 Å². The lowest BCUT2D eigenvalue weighted by atomic mass is 10.1. The van der Waals surface area contributed by atoms with E-state index in [-0.39, 0.29) is 17.6 Å². The Bertz CT molecular complexity index is 548. The first-order chi connectivity index (χ1) is 10.1. The van der Waals surface area contributed by atoms with Gasteiger partial charge in [0, 0.05) is 24.0 Å². The van der Waals surface area contributed by atoms with Crippen LogP contribution >= 0.6 is 11.8 Å². The molecule has 2 rings (SSSR count). The highest BCUT2D eigenvalue weighted by Gasteiger charge is 2.26. The lowest BCUT2D eigenvalue weighted by Crippen LogP contribution is -2.45. The summed E-state index contributed by atoms with van der Waals surface area (Å²) in [5.74, 6) is -0.100. The van der Waals surface area contributed by atoms with Crippen molar-refractivity contribution in [1.29, 1.82) is 0 Å². The molecule has 0 bridgehead atoms. The minimum atomic E-state index is -0.973. The summed E-state index contributed by atoms with van der Waals surface area (Å²) < 4.78 is 0. The fourth-order valence-electron chi connectivity index (χ4n) is 2.44. The van der Waals surface area contributed by atoms with Crippen LogP contribution in [0.1, 0.15) is 29.3 Å². The smallest absolute Gasteiger partial charge is 0.335 e. The molecule has 0 fully saturated rings. The number of benzene rings is 1. The van der Waals surface area contributed by atoms with Crippen LogP contribution in [-0.4, -0.2) is 41.7 Å². The first-order valence-corrected chi connectivity index (χ1v) is 8.39. The summed E-state index contributed by atoms with van der Waals surface area (Å²) in [6.45, 7) is 2.64. The van der Waals surface area contributed by atoms with E-state index in [9.17, 15) is 9.59 Å². The predicted molar refractivity (Wildman–Crippen MR) is 85.4 cm³/mol. The van der Waals surface area contributed by atoms with E-state index in [0.717, 1.165) is 24.2 Å². The molecule has 5 nitrogen and oxygen atoms in total. The van der Waals surface area contributed by atoms with E-state index in [2.05, 4.69) is 5.32 Å². The average Bonchev–Trinajstić information content (AvgIpc) is 2.89. The van der Waals surface area contributed by atoms with E-state index < -0.39 is 5.97 Å². The van der Waals surface area contributed by atoms with Crippen molar-refractivity contribution in [1.82, 2.24) is 5.32 Å². The number of rotatable bonds is 5. The summed E-state index contributed by atoms with van der Waals surface area (Å²) in [4.78, 5) is 25.1. The number of hydrogen-bond acceptors (Lipinski definition) is 3. The molecule has 1 unspecified atom stereocenters. The van der Waals surface area contributed by atoms with Gasteiger partial charge in [0.15, 0.2) is 0 Å². The molecule has 0 saturated heterocycles. The number of nitrogens with one attached hydrogen (secondary N) is 1. The third kappa shape index (κ3) is 3.50. The van der Waals surface area contributed by atoms with Crippen LogP contribution in [0.5, 0.6) is 0 Å². The number of hydrogen-bond donors (Lipinski definition) is 2. The maximum Gasteiger partial charge on any atom is 0.335 e. The largest absolute Gasteiger partial charge is 0.478 e. The number of carboxylic acid groups (broad SMARTS) is 1. The second-order valence-corrected chi connectivity index (χ2v) is 5.97. The van der Waals surface area contributed by atoms with Crippen LogP contribution < -0.4 is 10.2 Å². The van der Waals surface area contributed by atoms with Gasteiger partial charge >= 0.3 is 12.0 Å². The van der Waals surface area contributed by atoms with Crippen molar-refractivity contribution in [2.24, 2.45) is 0 Å². The van der Waals surface area contributed by atoms with Gasteiger partial charge in [-0.15, -0.1) is 0 Å². The van der Waals surface area contributed by atoms with Gasteiger partial charge in [-0.3, -0.25) is 4.90 Å². The van der Waals surface area contributed by atoms with Crippen molar-refractivity contribution < 1.29 is 14.7 Å². The fraction of sp³-hybridized carbons (Fsp3) is 0.467. The molecule has 1 aliphatic heterocycles. The number of urea groups is 1. The van der Waals surface area contributed by atoms with E-state index in [1.54, 1.807) is 34.9 Å². The number of thioether (sulfide) groups is 1. The van der Waals surface area contributed by atoms with Crippen molar-refractivity contribution in [3.05, 3.63) is 29.3 Å². The Labute approximate surface area is 128 Å². The Morgan fingerprint density at radius 2 is 2.24 bits per heavy atom. The number of aromatic carboxylic acids is 1. The number of amides is 2. The van der Waals surface area contributed by atoms with Gasteiger partial charge in [-0.2, -0.15) is 11.8 Å². The minimum absolute atomic E-state index is 0.138. The molecule has 21 heavy (non-hydrogen) atoms. The van der Waals surface area contributed by atoms with Crippen molar-refractivity contribution in [3.8, 4) is 0 Å². The molecular weight excluding hydrogens is 288 g/mol. The number of carbonyl (C=O) groups excluding carboxylic acids is 1. The minimum Gasteiger partial charge on any atom is -0.478 e. The van der Waals surface area contributed by atoms with Gasteiger partial charge in [0.1, 0.15) is 0 Å². The topological polar surface area (TPSA) is 69.6 Å². The van der Waals surface area contributed by atoms with Crippen molar-refractivity contribution >= 4 is 29.4 Å². The monoisotopic (exact) mass is 308 g/mol. The van der Waals surface area contributed by atoms with E-state index in [0.29, 0.717) is 12.2 Å².